The number of nitrogens with zero attached hydrogens (tertiary/aromatic N) is 3. The number of benzene rings is 5. The van der Waals surface area contributed by atoms with Gasteiger partial charge in [-0.05, 0) is 71.6 Å². The molecule has 5 aromatic carbocycles. The van der Waals surface area contributed by atoms with Gasteiger partial charge >= 0.3 is 6.85 Å². The third-order valence-electron chi connectivity index (χ3n) is 8.32. The van der Waals surface area contributed by atoms with Crippen LogP contribution in [-0.2, 0) is 0 Å². The average molecular weight is 537 g/mol. The van der Waals surface area contributed by atoms with Crippen molar-refractivity contribution in [1.82, 2.24) is 9.55 Å². The fourth-order valence-electron chi connectivity index (χ4n) is 6.55. The molecular weight excluding hydrogens is 509 g/mol. The van der Waals surface area contributed by atoms with E-state index in [4.69, 9.17) is 4.98 Å². The van der Waals surface area contributed by atoms with Crippen molar-refractivity contribution in [3.63, 3.8) is 0 Å². The molecule has 0 saturated heterocycles. The highest BCUT2D eigenvalue weighted by atomic mass is 15.1. The van der Waals surface area contributed by atoms with Crippen LogP contribution in [0.25, 0.3) is 44.8 Å². The van der Waals surface area contributed by atoms with Gasteiger partial charge in [-0.2, -0.15) is 0 Å². The zero-order valence-corrected chi connectivity index (χ0v) is 23.4. The molecule has 0 atom stereocenters. The largest absolute Gasteiger partial charge is 0.377 e. The molecule has 0 saturated carbocycles. The first-order valence-corrected chi connectivity index (χ1v) is 14.5. The molecular formula is C38H28BN3. The van der Waals surface area contributed by atoms with Gasteiger partial charge in [0.1, 0.15) is 5.82 Å². The lowest BCUT2D eigenvalue weighted by Gasteiger charge is -2.36. The molecule has 3 heterocycles. The summed E-state index contributed by atoms with van der Waals surface area (Å²) in [7, 11) is 0. The number of para-hydroxylation sites is 4. The highest BCUT2D eigenvalue weighted by molar-refractivity contribution is 6.87. The number of hydrogen-bond acceptors (Lipinski definition) is 2. The first-order valence-electron chi connectivity index (χ1n) is 14.5. The van der Waals surface area contributed by atoms with E-state index in [1.807, 2.05) is 6.92 Å². The molecule has 0 bridgehead atoms. The van der Waals surface area contributed by atoms with Crippen molar-refractivity contribution < 1.29 is 0 Å². The third kappa shape index (κ3) is 3.80. The molecule has 0 fully saturated rings. The van der Waals surface area contributed by atoms with Crippen molar-refractivity contribution in [3.05, 3.63) is 157 Å². The van der Waals surface area contributed by atoms with Crippen molar-refractivity contribution in [3.8, 4) is 28.2 Å². The Hall–Kier alpha value is -5.35. The zero-order chi connectivity index (χ0) is 28.0. The molecule has 0 spiro atoms. The molecule has 6 aromatic rings. The number of hydrogen-bond donors (Lipinski definition) is 0. The molecule has 2 aliphatic rings. The Morgan fingerprint density at radius 1 is 0.667 bits per heavy atom. The lowest BCUT2D eigenvalue weighted by molar-refractivity contribution is 1.10. The maximum atomic E-state index is 5.15. The summed E-state index contributed by atoms with van der Waals surface area (Å²) in [5.41, 5.74) is 13.2. The molecule has 3 nitrogen and oxygen atoms in total. The molecule has 0 amide bonds. The number of allylic oxidation sites excluding steroid dienone is 5. The Morgan fingerprint density at radius 2 is 1.40 bits per heavy atom. The Balaban J connectivity index is 1.32. The van der Waals surface area contributed by atoms with Crippen LogP contribution in [0, 0.1) is 0 Å². The van der Waals surface area contributed by atoms with E-state index in [1.165, 1.54) is 33.4 Å². The highest BCUT2D eigenvalue weighted by Crippen LogP contribution is 2.44. The molecule has 2 aliphatic heterocycles. The van der Waals surface area contributed by atoms with Crippen molar-refractivity contribution in [2.24, 2.45) is 0 Å². The monoisotopic (exact) mass is 537 g/mol. The van der Waals surface area contributed by atoms with Gasteiger partial charge in [0, 0.05) is 28.2 Å². The first kappa shape index (κ1) is 24.5. The second-order valence-corrected chi connectivity index (χ2v) is 10.8. The van der Waals surface area contributed by atoms with Crippen LogP contribution >= 0.6 is 0 Å². The summed E-state index contributed by atoms with van der Waals surface area (Å²) >= 11 is 0. The van der Waals surface area contributed by atoms with Gasteiger partial charge in [-0.1, -0.05) is 109 Å². The Bertz CT molecular complexity index is 2070. The summed E-state index contributed by atoms with van der Waals surface area (Å²) in [6, 6.07) is 43.3. The van der Waals surface area contributed by atoms with Gasteiger partial charge in [-0.3, -0.25) is 4.57 Å². The van der Waals surface area contributed by atoms with Crippen LogP contribution in [0.2, 0.25) is 0 Å². The van der Waals surface area contributed by atoms with E-state index in [9.17, 15) is 0 Å². The minimum absolute atomic E-state index is 0.0968. The van der Waals surface area contributed by atoms with Crippen LogP contribution in [0.5, 0.6) is 0 Å². The van der Waals surface area contributed by atoms with Crippen LogP contribution in [0.15, 0.2) is 152 Å². The van der Waals surface area contributed by atoms with E-state index < -0.39 is 0 Å². The summed E-state index contributed by atoms with van der Waals surface area (Å²) in [5.74, 6) is 3.35. The lowest BCUT2D eigenvalue weighted by atomic mass is 9.52. The van der Waals surface area contributed by atoms with Crippen molar-refractivity contribution >= 4 is 40.3 Å². The van der Waals surface area contributed by atoms with Crippen LogP contribution in [0.3, 0.4) is 0 Å². The van der Waals surface area contributed by atoms with Crippen LogP contribution in [-0.4, -0.2) is 16.4 Å². The maximum Gasteiger partial charge on any atom is 0.322 e. The van der Waals surface area contributed by atoms with Gasteiger partial charge in [0.05, 0.1) is 11.0 Å². The fraction of sp³-hybridized carbons (Fsp3) is 0.0263. The number of anilines is 2. The smallest absolute Gasteiger partial charge is 0.322 e. The first-order chi connectivity index (χ1) is 20.8. The normalized spacial score (nSPS) is 13.7. The molecule has 198 valence electrons. The van der Waals surface area contributed by atoms with Crippen molar-refractivity contribution in [2.75, 3.05) is 4.81 Å². The number of rotatable bonds is 5. The summed E-state index contributed by atoms with van der Waals surface area (Å²) in [4.78, 5) is 7.64. The van der Waals surface area contributed by atoms with Gasteiger partial charge in [-0.15, -0.1) is 0 Å². The standard InChI is InChI=1S/C38H28BN3/c1-2-3-5-14-28-26-39-37-31(28)20-13-21-33(37)32-19-8-10-23-35(32)42(39)30-18-12-15-27(25-30)38-40-34-22-9-11-24-36(34)41(38)29-16-6-4-7-17-29/h2-26H,1H3/b3-2-,14-5-. The average Bonchev–Trinajstić information content (AvgIpc) is 3.62. The van der Waals surface area contributed by atoms with E-state index in [2.05, 4.69) is 161 Å². The van der Waals surface area contributed by atoms with Crippen LogP contribution in [0.4, 0.5) is 11.4 Å². The van der Waals surface area contributed by atoms with E-state index in [1.54, 1.807) is 0 Å². The van der Waals surface area contributed by atoms with Gasteiger partial charge in [0.15, 0.2) is 0 Å². The number of aromatic nitrogens is 2. The number of imidazole rings is 1. The van der Waals surface area contributed by atoms with E-state index in [0.29, 0.717) is 0 Å². The van der Waals surface area contributed by atoms with Crippen LogP contribution < -0.4 is 10.3 Å². The summed E-state index contributed by atoms with van der Waals surface area (Å²) in [5, 5.41) is 0. The second-order valence-electron chi connectivity index (χ2n) is 10.8. The topological polar surface area (TPSA) is 21.1 Å². The summed E-state index contributed by atoms with van der Waals surface area (Å²) < 4.78 is 2.27. The van der Waals surface area contributed by atoms with Gasteiger partial charge in [0.25, 0.3) is 0 Å². The zero-order valence-electron chi connectivity index (χ0n) is 23.4. The molecule has 4 heteroatoms. The predicted molar refractivity (Wildman–Crippen MR) is 178 cm³/mol. The second kappa shape index (κ2) is 9.93. The lowest BCUT2D eigenvalue weighted by Crippen LogP contribution is -2.47. The van der Waals surface area contributed by atoms with E-state index >= 15 is 0 Å². The SMILES string of the molecule is C/C=C\C=C/C1=CB2c3c1cccc3-c1ccccc1N2c1cccc(-c2nc3ccccc3n2-c2ccccc2)c1. The van der Waals surface area contributed by atoms with E-state index in [-0.39, 0.29) is 6.85 Å². The third-order valence-corrected chi connectivity index (χ3v) is 8.32. The van der Waals surface area contributed by atoms with Gasteiger partial charge in [-0.25, -0.2) is 4.98 Å². The minimum Gasteiger partial charge on any atom is -0.377 e. The van der Waals surface area contributed by atoms with Gasteiger partial charge in [0.2, 0.25) is 0 Å². The molecule has 0 radical (unpaired) electrons. The molecule has 8 rings (SSSR count). The van der Waals surface area contributed by atoms with E-state index in [0.717, 1.165) is 33.8 Å². The molecule has 42 heavy (non-hydrogen) atoms. The quantitative estimate of drug-likeness (QED) is 0.162. The molecule has 1 aromatic heterocycles. The summed E-state index contributed by atoms with van der Waals surface area (Å²) in [6.45, 7) is 2.15. The Kier molecular flexibility index (Phi) is 5.78. The summed E-state index contributed by atoms with van der Waals surface area (Å²) in [6.07, 6.45) is 8.52. The Labute approximate surface area is 246 Å². The molecule has 0 aliphatic carbocycles. The fourth-order valence-corrected chi connectivity index (χ4v) is 6.55. The minimum atomic E-state index is 0.0968. The molecule has 0 N–H and O–H groups in total. The van der Waals surface area contributed by atoms with Crippen molar-refractivity contribution in [1.29, 1.82) is 0 Å². The van der Waals surface area contributed by atoms with Crippen molar-refractivity contribution in [2.45, 2.75) is 6.92 Å². The van der Waals surface area contributed by atoms with Gasteiger partial charge < -0.3 is 4.81 Å². The van der Waals surface area contributed by atoms with Crippen LogP contribution in [0.1, 0.15) is 12.5 Å². The maximum absolute atomic E-state index is 5.15. The number of fused-ring (bicyclic) bond motifs is 3. The Morgan fingerprint density at radius 3 is 2.31 bits per heavy atom. The predicted octanol–water partition coefficient (Wildman–Crippen LogP) is 8.78. The molecule has 0 unspecified atom stereocenters. The highest BCUT2D eigenvalue weighted by Gasteiger charge is 2.39.